The average molecular weight is 525 g/mol. The van der Waals surface area contributed by atoms with Crippen LogP contribution in [0.2, 0.25) is 0 Å². The van der Waals surface area contributed by atoms with Crippen molar-refractivity contribution in [3.8, 4) is 0 Å². The van der Waals surface area contributed by atoms with Gasteiger partial charge in [-0.3, -0.25) is 4.57 Å². The number of hydrogen-bond acceptors (Lipinski definition) is 6. The second-order valence-electron chi connectivity index (χ2n) is 9.87. The van der Waals surface area contributed by atoms with Crippen LogP contribution in [0.25, 0.3) is 0 Å². The number of rotatable bonds is 11. The summed E-state index contributed by atoms with van der Waals surface area (Å²) in [6, 6.07) is 30.1. The Hall–Kier alpha value is -2.31. The highest BCUT2D eigenvalue weighted by Gasteiger charge is 2.49. The van der Waals surface area contributed by atoms with Crippen LogP contribution >= 0.6 is 7.60 Å². The van der Waals surface area contributed by atoms with E-state index in [0.717, 1.165) is 16.7 Å². The lowest BCUT2D eigenvalue weighted by atomic mass is 9.80. The van der Waals surface area contributed by atoms with E-state index in [1.165, 1.54) is 0 Å². The molecule has 0 aromatic heterocycles. The molecule has 0 unspecified atom stereocenters. The first-order valence-corrected chi connectivity index (χ1v) is 14.5. The standard InChI is InChI=1S/C30H37O6P/c1-22(2)35-37(32,36-23(3)4)29-20-27(31)28(34-29)21-33-30(24-14-8-5-9-15-24,25-16-10-6-11-17-25)26-18-12-7-13-19-26/h5-19,22-23,27-29,31H,20-21H2,1-4H3/t27-,28-,29+/m1/s1. The molecule has 1 aliphatic heterocycles. The van der Waals surface area contributed by atoms with Crippen molar-refractivity contribution in [2.45, 2.75) is 70.0 Å². The van der Waals surface area contributed by atoms with Gasteiger partial charge in [-0.15, -0.1) is 0 Å². The summed E-state index contributed by atoms with van der Waals surface area (Å²) in [5, 5.41) is 11.0. The third-order valence-corrected chi connectivity index (χ3v) is 8.75. The van der Waals surface area contributed by atoms with Crippen LogP contribution in [0, 0.1) is 0 Å². The molecule has 1 fully saturated rings. The SMILES string of the molecule is CC(C)OP(=O)(OC(C)C)[C@H]1C[C@@H](O)[C@@H](COC(c2ccccc2)(c2ccccc2)c2ccccc2)O1. The second kappa shape index (κ2) is 12.0. The normalized spacial score (nSPS) is 20.6. The van der Waals surface area contributed by atoms with Crippen molar-refractivity contribution in [2.75, 3.05) is 6.61 Å². The van der Waals surface area contributed by atoms with Gasteiger partial charge in [-0.2, -0.15) is 0 Å². The molecule has 0 saturated carbocycles. The molecule has 0 spiro atoms. The zero-order valence-corrected chi connectivity index (χ0v) is 22.8. The molecule has 3 aromatic rings. The van der Waals surface area contributed by atoms with E-state index in [-0.39, 0.29) is 25.2 Å². The molecule has 0 amide bonds. The van der Waals surface area contributed by atoms with Gasteiger partial charge in [-0.05, 0) is 44.4 Å². The van der Waals surface area contributed by atoms with E-state index in [4.69, 9.17) is 18.5 Å². The maximum absolute atomic E-state index is 13.7. The summed E-state index contributed by atoms with van der Waals surface area (Å²) >= 11 is 0. The molecule has 1 aliphatic rings. The Morgan fingerprint density at radius 3 is 1.59 bits per heavy atom. The predicted octanol–water partition coefficient (Wildman–Crippen LogP) is 6.51. The number of aliphatic hydroxyl groups is 1. The van der Waals surface area contributed by atoms with Crippen molar-refractivity contribution in [3.05, 3.63) is 108 Å². The molecule has 1 saturated heterocycles. The van der Waals surface area contributed by atoms with Crippen LogP contribution in [0.15, 0.2) is 91.0 Å². The van der Waals surface area contributed by atoms with E-state index >= 15 is 0 Å². The fourth-order valence-electron chi connectivity index (χ4n) is 4.78. The Balaban J connectivity index is 1.67. The number of hydrogen-bond donors (Lipinski definition) is 1. The molecule has 198 valence electrons. The summed E-state index contributed by atoms with van der Waals surface area (Å²) in [7, 11) is -3.63. The lowest BCUT2D eigenvalue weighted by Crippen LogP contribution is -2.38. The van der Waals surface area contributed by atoms with E-state index < -0.39 is 31.2 Å². The smallest absolute Gasteiger partial charge is 0.359 e. The third kappa shape index (κ3) is 6.23. The minimum Gasteiger partial charge on any atom is -0.390 e. The van der Waals surface area contributed by atoms with Gasteiger partial charge in [0.2, 0.25) is 0 Å². The van der Waals surface area contributed by atoms with Crippen molar-refractivity contribution in [3.63, 3.8) is 0 Å². The summed E-state index contributed by atoms with van der Waals surface area (Å²) < 4.78 is 38.1. The van der Waals surface area contributed by atoms with E-state index in [1.807, 2.05) is 91.0 Å². The highest BCUT2D eigenvalue weighted by molar-refractivity contribution is 7.54. The largest absolute Gasteiger partial charge is 0.390 e. The predicted molar refractivity (Wildman–Crippen MR) is 144 cm³/mol. The second-order valence-corrected chi connectivity index (χ2v) is 11.9. The molecule has 0 aliphatic carbocycles. The van der Waals surface area contributed by atoms with E-state index in [0.29, 0.717) is 0 Å². The third-order valence-electron chi connectivity index (χ3n) is 6.28. The van der Waals surface area contributed by atoms with Gasteiger partial charge >= 0.3 is 7.60 Å². The molecule has 1 heterocycles. The Bertz CT molecular complexity index is 1040. The molecule has 0 radical (unpaired) electrons. The van der Waals surface area contributed by atoms with Gasteiger partial charge in [-0.1, -0.05) is 91.0 Å². The maximum Gasteiger partial charge on any atom is 0.359 e. The first-order chi connectivity index (χ1) is 17.7. The van der Waals surface area contributed by atoms with Crippen molar-refractivity contribution in [1.82, 2.24) is 0 Å². The lowest BCUT2D eigenvalue weighted by molar-refractivity contribution is -0.0769. The van der Waals surface area contributed by atoms with Gasteiger partial charge in [0, 0.05) is 6.42 Å². The van der Waals surface area contributed by atoms with Gasteiger partial charge in [0.15, 0.2) is 5.85 Å². The zero-order valence-electron chi connectivity index (χ0n) is 21.9. The van der Waals surface area contributed by atoms with Crippen LogP contribution in [0.1, 0.15) is 50.8 Å². The lowest BCUT2D eigenvalue weighted by Gasteiger charge is -2.37. The van der Waals surface area contributed by atoms with E-state index in [2.05, 4.69) is 0 Å². The summed E-state index contributed by atoms with van der Waals surface area (Å²) in [6.45, 7) is 7.28. The van der Waals surface area contributed by atoms with Gasteiger partial charge in [-0.25, -0.2) is 0 Å². The summed E-state index contributed by atoms with van der Waals surface area (Å²) in [5.41, 5.74) is 1.91. The number of aliphatic hydroxyl groups excluding tert-OH is 1. The van der Waals surface area contributed by atoms with Crippen molar-refractivity contribution < 1.29 is 28.2 Å². The monoisotopic (exact) mass is 524 g/mol. The zero-order chi connectivity index (χ0) is 26.5. The Kier molecular flexibility index (Phi) is 9.02. The molecule has 37 heavy (non-hydrogen) atoms. The maximum atomic E-state index is 13.7. The van der Waals surface area contributed by atoms with Crippen LogP contribution in [-0.4, -0.2) is 42.0 Å². The first-order valence-electron chi connectivity index (χ1n) is 12.8. The minimum absolute atomic E-state index is 0.0692. The Labute approximate surface area is 220 Å². The quantitative estimate of drug-likeness (QED) is 0.228. The van der Waals surface area contributed by atoms with Crippen molar-refractivity contribution in [2.24, 2.45) is 0 Å². The van der Waals surface area contributed by atoms with Crippen LogP contribution in [0.5, 0.6) is 0 Å². The molecule has 1 N–H and O–H groups in total. The highest BCUT2D eigenvalue weighted by atomic mass is 31.2. The molecule has 3 aromatic carbocycles. The summed E-state index contributed by atoms with van der Waals surface area (Å²) in [4.78, 5) is 0. The number of benzene rings is 3. The summed E-state index contributed by atoms with van der Waals surface area (Å²) in [6.07, 6.45) is -2.09. The van der Waals surface area contributed by atoms with Crippen LogP contribution in [-0.2, 0) is 28.7 Å². The van der Waals surface area contributed by atoms with Gasteiger partial charge < -0.3 is 23.6 Å². The number of ether oxygens (including phenoxy) is 2. The van der Waals surface area contributed by atoms with E-state index in [9.17, 15) is 9.67 Å². The molecular formula is C30H37O6P. The topological polar surface area (TPSA) is 74.2 Å². The van der Waals surface area contributed by atoms with Crippen molar-refractivity contribution in [1.29, 1.82) is 0 Å². The van der Waals surface area contributed by atoms with Crippen LogP contribution < -0.4 is 0 Å². The molecular weight excluding hydrogens is 487 g/mol. The molecule has 0 bridgehead atoms. The molecule has 6 nitrogen and oxygen atoms in total. The van der Waals surface area contributed by atoms with Gasteiger partial charge in [0.05, 0.1) is 24.9 Å². The molecule has 7 heteroatoms. The Morgan fingerprint density at radius 2 is 1.22 bits per heavy atom. The highest BCUT2D eigenvalue weighted by Crippen LogP contribution is 2.59. The Morgan fingerprint density at radius 1 is 0.811 bits per heavy atom. The van der Waals surface area contributed by atoms with Crippen molar-refractivity contribution >= 4 is 7.60 Å². The van der Waals surface area contributed by atoms with Gasteiger partial charge in [0.1, 0.15) is 11.7 Å². The fraction of sp³-hybridized carbons (Fsp3) is 0.400. The van der Waals surface area contributed by atoms with Gasteiger partial charge in [0.25, 0.3) is 0 Å². The molecule has 4 rings (SSSR count). The molecule has 3 atom stereocenters. The summed E-state index contributed by atoms with van der Waals surface area (Å²) in [5.74, 6) is -0.875. The average Bonchev–Trinajstić information content (AvgIpc) is 3.27. The van der Waals surface area contributed by atoms with E-state index in [1.54, 1.807) is 27.7 Å². The first kappa shape index (κ1) is 27.7. The van der Waals surface area contributed by atoms with Crippen LogP contribution in [0.4, 0.5) is 0 Å². The minimum atomic E-state index is -3.63. The van der Waals surface area contributed by atoms with Crippen LogP contribution in [0.3, 0.4) is 0 Å². The fourth-order valence-corrected chi connectivity index (χ4v) is 7.06.